The minimum Gasteiger partial charge on any atom is -0.370 e. The maximum absolute atomic E-state index is 12.3. The van der Waals surface area contributed by atoms with Crippen LogP contribution in [0, 0.1) is 5.92 Å². The highest BCUT2D eigenvalue weighted by Crippen LogP contribution is 2.21. The highest BCUT2D eigenvalue weighted by molar-refractivity contribution is 5.94. The molecule has 10 heteroatoms. The molecule has 1 aliphatic rings. The molecule has 1 N–H and O–H groups in total. The summed E-state index contributed by atoms with van der Waals surface area (Å²) in [4.78, 5) is 26.2. The van der Waals surface area contributed by atoms with Gasteiger partial charge in [0.05, 0.1) is 11.9 Å². The summed E-state index contributed by atoms with van der Waals surface area (Å²) in [6.45, 7) is 2.19. The number of tetrazole rings is 1. The van der Waals surface area contributed by atoms with Crippen LogP contribution in [0.2, 0.25) is 0 Å². The van der Waals surface area contributed by atoms with Crippen LogP contribution in [-0.2, 0) is 7.05 Å². The molecule has 0 spiro atoms. The molecular weight excluding hydrogens is 336 g/mol. The Balaban J connectivity index is 1.35. The molecule has 4 heterocycles. The number of rotatable bonds is 4. The van der Waals surface area contributed by atoms with E-state index >= 15 is 0 Å². The minimum atomic E-state index is -0.149. The van der Waals surface area contributed by atoms with Crippen molar-refractivity contribution < 1.29 is 4.79 Å². The van der Waals surface area contributed by atoms with Gasteiger partial charge in [-0.2, -0.15) is 5.10 Å². The molecule has 0 unspecified atom stereocenters. The van der Waals surface area contributed by atoms with E-state index in [4.69, 9.17) is 0 Å². The van der Waals surface area contributed by atoms with Gasteiger partial charge in [0.2, 0.25) is 0 Å². The smallest absolute Gasteiger partial charge is 0.268 e. The van der Waals surface area contributed by atoms with Gasteiger partial charge in [0.15, 0.2) is 5.65 Å². The number of nitrogens with one attached hydrogen (secondary N) is 1. The normalized spacial score (nSPS) is 17.0. The number of nitrogens with zero attached hydrogens (tertiary/aromatic N) is 7. The van der Waals surface area contributed by atoms with Crippen LogP contribution in [0.25, 0.3) is 5.65 Å². The van der Waals surface area contributed by atoms with E-state index in [1.807, 2.05) is 0 Å². The number of carbonyl (C=O) groups is 1. The molecule has 0 saturated carbocycles. The van der Waals surface area contributed by atoms with Crippen molar-refractivity contribution in [3.8, 4) is 0 Å². The van der Waals surface area contributed by atoms with Gasteiger partial charge in [0, 0.05) is 44.5 Å². The third-order valence-corrected chi connectivity index (χ3v) is 4.62. The largest absolute Gasteiger partial charge is 0.370 e. The number of hydrogen-bond acceptors (Lipinski definition) is 7. The number of carbonyl (C=O) groups excluding carboxylic acids is 1. The zero-order chi connectivity index (χ0) is 18.1. The molecule has 10 nitrogen and oxygen atoms in total. The van der Waals surface area contributed by atoms with Crippen molar-refractivity contribution in [3.05, 3.63) is 46.5 Å². The van der Waals surface area contributed by atoms with Crippen molar-refractivity contribution >= 4 is 17.2 Å². The first-order chi connectivity index (χ1) is 12.6. The standard InChI is InChI=1S/C16H18N8O2/c1-22-15(25)7-13(9-18-22)23-4-2-11(10-23)8-17-16(26)12-3-5-24-14(6-12)19-20-21-24/h3,5-7,9,11H,2,4,8,10H2,1H3,(H,17,26)/t11-/m1/s1. The summed E-state index contributed by atoms with van der Waals surface area (Å²) in [6.07, 6.45) is 4.30. The van der Waals surface area contributed by atoms with Crippen LogP contribution >= 0.6 is 0 Å². The Labute approximate surface area is 148 Å². The van der Waals surface area contributed by atoms with E-state index in [2.05, 4.69) is 30.8 Å². The third-order valence-electron chi connectivity index (χ3n) is 4.62. The van der Waals surface area contributed by atoms with Crippen LogP contribution in [0.15, 0.2) is 35.4 Å². The highest BCUT2D eigenvalue weighted by atomic mass is 16.1. The Morgan fingerprint density at radius 2 is 2.27 bits per heavy atom. The minimum absolute atomic E-state index is 0.127. The Hall–Kier alpha value is -3.30. The van der Waals surface area contributed by atoms with Gasteiger partial charge in [-0.25, -0.2) is 9.20 Å². The molecule has 1 atom stereocenters. The molecule has 0 bridgehead atoms. The lowest BCUT2D eigenvalue weighted by Crippen LogP contribution is -2.31. The fourth-order valence-electron chi connectivity index (χ4n) is 3.09. The number of amides is 1. The third kappa shape index (κ3) is 3.13. The van der Waals surface area contributed by atoms with Gasteiger partial charge in [-0.05, 0) is 34.9 Å². The molecule has 3 aromatic rings. The van der Waals surface area contributed by atoms with E-state index in [1.54, 1.807) is 37.6 Å². The van der Waals surface area contributed by atoms with Crippen LogP contribution in [0.1, 0.15) is 16.8 Å². The summed E-state index contributed by atoms with van der Waals surface area (Å²) in [5, 5.41) is 18.2. The van der Waals surface area contributed by atoms with Crippen molar-refractivity contribution in [1.29, 1.82) is 0 Å². The molecule has 1 fully saturated rings. The van der Waals surface area contributed by atoms with Gasteiger partial charge in [0.1, 0.15) is 0 Å². The van der Waals surface area contributed by atoms with E-state index in [1.165, 1.54) is 9.20 Å². The molecule has 0 aromatic carbocycles. The average Bonchev–Trinajstić information content (AvgIpc) is 3.30. The zero-order valence-corrected chi connectivity index (χ0v) is 14.2. The molecule has 4 rings (SSSR count). The first-order valence-electron chi connectivity index (χ1n) is 8.34. The van der Waals surface area contributed by atoms with Crippen molar-refractivity contribution in [2.24, 2.45) is 13.0 Å². The maximum atomic E-state index is 12.3. The Morgan fingerprint density at radius 1 is 1.38 bits per heavy atom. The van der Waals surface area contributed by atoms with Crippen LogP contribution in [0.3, 0.4) is 0 Å². The SMILES string of the molecule is Cn1ncc(N2CC[C@H](CNC(=O)c3ccn4nnnc4c3)C2)cc1=O. The maximum Gasteiger partial charge on any atom is 0.268 e. The number of fused-ring (bicyclic) bond motifs is 1. The lowest BCUT2D eigenvalue weighted by atomic mass is 10.1. The number of anilines is 1. The first-order valence-corrected chi connectivity index (χ1v) is 8.34. The predicted octanol–water partition coefficient (Wildman–Crippen LogP) is -0.526. The van der Waals surface area contributed by atoms with Crippen molar-refractivity contribution in [2.75, 3.05) is 24.5 Å². The van der Waals surface area contributed by atoms with Gasteiger partial charge in [-0.15, -0.1) is 5.10 Å². The van der Waals surface area contributed by atoms with Crippen molar-refractivity contribution in [2.45, 2.75) is 6.42 Å². The van der Waals surface area contributed by atoms with E-state index in [0.29, 0.717) is 23.7 Å². The quantitative estimate of drug-likeness (QED) is 0.671. The fourth-order valence-corrected chi connectivity index (χ4v) is 3.09. The summed E-state index contributed by atoms with van der Waals surface area (Å²) in [5.41, 5.74) is 1.75. The van der Waals surface area contributed by atoms with E-state index in [-0.39, 0.29) is 11.5 Å². The zero-order valence-electron chi connectivity index (χ0n) is 14.2. The van der Waals surface area contributed by atoms with Crippen LogP contribution < -0.4 is 15.8 Å². The Morgan fingerprint density at radius 3 is 3.12 bits per heavy atom. The summed E-state index contributed by atoms with van der Waals surface area (Å²) < 4.78 is 2.81. The van der Waals surface area contributed by atoms with Gasteiger partial charge >= 0.3 is 0 Å². The summed E-state index contributed by atoms with van der Waals surface area (Å²) >= 11 is 0. The highest BCUT2D eigenvalue weighted by Gasteiger charge is 2.24. The van der Waals surface area contributed by atoms with Crippen molar-refractivity contribution in [3.63, 3.8) is 0 Å². The Kier molecular flexibility index (Phi) is 4.07. The number of pyridine rings is 1. The second kappa shape index (κ2) is 6.54. The Bertz CT molecular complexity index is 1010. The summed E-state index contributed by atoms with van der Waals surface area (Å²) in [7, 11) is 1.63. The van der Waals surface area contributed by atoms with Crippen LogP contribution in [0.4, 0.5) is 5.69 Å². The first kappa shape index (κ1) is 16.2. The van der Waals surface area contributed by atoms with Crippen LogP contribution in [0.5, 0.6) is 0 Å². The van der Waals surface area contributed by atoms with Gasteiger partial charge in [0.25, 0.3) is 11.5 Å². The fraction of sp³-hybridized carbons (Fsp3) is 0.375. The molecule has 3 aromatic heterocycles. The molecular formula is C16H18N8O2. The summed E-state index contributed by atoms with van der Waals surface area (Å²) in [6, 6.07) is 4.93. The summed E-state index contributed by atoms with van der Waals surface area (Å²) in [5.74, 6) is 0.172. The second-order valence-corrected chi connectivity index (χ2v) is 6.38. The average molecular weight is 354 g/mol. The van der Waals surface area contributed by atoms with Crippen molar-refractivity contribution in [1.82, 2.24) is 35.1 Å². The molecule has 0 aliphatic carbocycles. The number of aryl methyl sites for hydroxylation is 1. The number of hydrogen-bond donors (Lipinski definition) is 1. The second-order valence-electron chi connectivity index (χ2n) is 6.38. The number of aromatic nitrogens is 6. The molecule has 0 radical (unpaired) electrons. The van der Waals surface area contributed by atoms with Gasteiger partial charge in [-0.3, -0.25) is 9.59 Å². The monoisotopic (exact) mass is 354 g/mol. The topological polar surface area (TPSA) is 110 Å². The molecule has 26 heavy (non-hydrogen) atoms. The molecule has 1 amide bonds. The van der Waals surface area contributed by atoms with E-state index in [9.17, 15) is 9.59 Å². The van der Waals surface area contributed by atoms with Crippen LogP contribution in [-0.4, -0.2) is 55.4 Å². The molecule has 134 valence electrons. The van der Waals surface area contributed by atoms with E-state index < -0.39 is 0 Å². The van der Waals surface area contributed by atoms with E-state index in [0.717, 1.165) is 25.2 Å². The predicted molar refractivity (Wildman–Crippen MR) is 92.9 cm³/mol. The van der Waals surface area contributed by atoms with Gasteiger partial charge in [-0.1, -0.05) is 0 Å². The molecule has 1 saturated heterocycles. The molecule has 1 aliphatic heterocycles. The lowest BCUT2D eigenvalue weighted by Gasteiger charge is -2.18. The lowest BCUT2D eigenvalue weighted by molar-refractivity contribution is 0.0948. The van der Waals surface area contributed by atoms with Gasteiger partial charge < -0.3 is 10.2 Å².